The molecule has 1 aliphatic rings. The maximum Gasteiger partial charge on any atom is 0.408 e. The molecule has 268 valence electrons. The molecule has 0 radical (unpaired) electrons. The topological polar surface area (TPSA) is 134 Å². The first-order valence-electron chi connectivity index (χ1n) is 17.1. The number of aromatic hydroxyl groups is 1. The van der Waals surface area contributed by atoms with Crippen LogP contribution in [0.1, 0.15) is 83.2 Å². The molecule has 1 aliphatic carbocycles. The summed E-state index contributed by atoms with van der Waals surface area (Å²) in [5, 5.41) is 17.1. The van der Waals surface area contributed by atoms with E-state index >= 15 is 0 Å². The Morgan fingerprint density at radius 1 is 0.780 bits per heavy atom. The second kappa shape index (κ2) is 15.8. The normalized spacial score (nSPS) is 17.4. The first kappa shape index (κ1) is 38.0. The van der Waals surface area contributed by atoms with Gasteiger partial charge in [-0.05, 0) is 77.5 Å². The summed E-state index contributed by atoms with van der Waals surface area (Å²) in [6.45, 7) is 14.1. The lowest BCUT2D eigenvalue weighted by Crippen LogP contribution is -2.56. The second-order valence-electron chi connectivity index (χ2n) is 15.1. The van der Waals surface area contributed by atoms with Gasteiger partial charge in [-0.2, -0.15) is 0 Å². The summed E-state index contributed by atoms with van der Waals surface area (Å²) in [5.41, 5.74) is 0.657. The number of hydrogen-bond acceptors (Lipinski definition) is 7. The minimum atomic E-state index is -1.35. The van der Waals surface area contributed by atoms with Gasteiger partial charge in [0.05, 0.1) is 0 Å². The van der Waals surface area contributed by atoms with E-state index in [4.69, 9.17) is 9.47 Å². The van der Waals surface area contributed by atoms with Crippen molar-refractivity contribution in [1.82, 2.24) is 15.5 Å². The lowest BCUT2D eigenvalue weighted by molar-refractivity contribution is -0.159. The van der Waals surface area contributed by atoms with Crippen molar-refractivity contribution < 1.29 is 33.8 Å². The van der Waals surface area contributed by atoms with Crippen molar-refractivity contribution in [3.05, 3.63) is 101 Å². The SMILES string of the molecule is Cc1cccc(C(C(=O)NC(Cc2ccccc2)C(=O)OC(C)(C)C)N(C(=O)C(Cc2ccccc2)NC(=O)OC(C)(C)C)C2CC2C)c1O. The van der Waals surface area contributed by atoms with E-state index in [1.165, 1.54) is 4.90 Å². The predicted octanol–water partition coefficient (Wildman–Crippen LogP) is 6.18. The zero-order valence-electron chi connectivity index (χ0n) is 30.4. The van der Waals surface area contributed by atoms with Gasteiger partial charge in [-0.15, -0.1) is 0 Å². The number of benzene rings is 3. The molecule has 3 aromatic carbocycles. The number of phenols is 1. The summed E-state index contributed by atoms with van der Waals surface area (Å²) in [6.07, 6.45) is 0.0898. The molecule has 0 bridgehead atoms. The van der Waals surface area contributed by atoms with Crippen LogP contribution in [-0.4, -0.2) is 63.2 Å². The number of phenolic OH excluding ortho intramolecular Hbond substituents is 1. The molecule has 0 aromatic heterocycles. The molecule has 0 saturated heterocycles. The molecule has 0 aliphatic heterocycles. The van der Waals surface area contributed by atoms with E-state index in [1.807, 2.05) is 67.6 Å². The molecule has 10 nitrogen and oxygen atoms in total. The molecular formula is C40H51N3O7. The van der Waals surface area contributed by atoms with E-state index in [0.29, 0.717) is 12.0 Å². The lowest BCUT2D eigenvalue weighted by Gasteiger charge is -2.36. The fraction of sp³-hybridized carbons (Fsp3) is 0.450. The molecule has 3 amide bonds. The molecule has 0 heterocycles. The van der Waals surface area contributed by atoms with Crippen LogP contribution in [0.25, 0.3) is 0 Å². The summed E-state index contributed by atoms with van der Waals surface area (Å²) < 4.78 is 11.3. The Kier molecular flexibility index (Phi) is 12.0. The van der Waals surface area contributed by atoms with Crippen molar-refractivity contribution in [3.8, 4) is 5.75 Å². The fourth-order valence-corrected chi connectivity index (χ4v) is 5.84. The second-order valence-corrected chi connectivity index (χ2v) is 15.1. The molecule has 1 fully saturated rings. The number of carbonyl (C=O) groups excluding carboxylic acids is 4. The Hall–Kier alpha value is -4.86. The van der Waals surface area contributed by atoms with Gasteiger partial charge in [-0.1, -0.05) is 85.8 Å². The maximum atomic E-state index is 14.9. The Balaban J connectivity index is 1.80. The van der Waals surface area contributed by atoms with Crippen molar-refractivity contribution in [2.24, 2.45) is 5.92 Å². The number of carbonyl (C=O) groups is 4. The van der Waals surface area contributed by atoms with Gasteiger partial charge in [0.1, 0.15) is 35.1 Å². The van der Waals surface area contributed by atoms with E-state index in [-0.39, 0.29) is 36.1 Å². The van der Waals surface area contributed by atoms with Crippen LogP contribution in [0.4, 0.5) is 4.79 Å². The Labute approximate surface area is 295 Å². The van der Waals surface area contributed by atoms with Gasteiger partial charge in [0.2, 0.25) is 11.8 Å². The third-order valence-electron chi connectivity index (χ3n) is 8.33. The third kappa shape index (κ3) is 10.6. The zero-order valence-corrected chi connectivity index (χ0v) is 30.4. The molecule has 3 aromatic rings. The minimum absolute atomic E-state index is 0.0334. The van der Waals surface area contributed by atoms with Crippen LogP contribution < -0.4 is 10.6 Å². The lowest BCUT2D eigenvalue weighted by atomic mass is 9.97. The smallest absolute Gasteiger partial charge is 0.408 e. The van der Waals surface area contributed by atoms with Crippen LogP contribution in [0.3, 0.4) is 0 Å². The Morgan fingerprint density at radius 3 is 1.80 bits per heavy atom. The molecule has 1 saturated carbocycles. The Morgan fingerprint density at radius 2 is 1.30 bits per heavy atom. The number of rotatable bonds is 12. The summed E-state index contributed by atoms with van der Waals surface area (Å²) in [5.74, 6) is -1.93. The monoisotopic (exact) mass is 685 g/mol. The van der Waals surface area contributed by atoms with Gasteiger partial charge in [-0.3, -0.25) is 9.59 Å². The van der Waals surface area contributed by atoms with Gasteiger partial charge in [-0.25, -0.2) is 9.59 Å². The number of nitrogens with zero attached hydrogens (tertiary/aromatic N) is 1. The summed E-state index contributed by atoms with van der Waals surface area (Å²) in [6, 6.07) is 19.6. The number of hydrogen-bond donors (Lipinski definition) is 3. The van der Waals surface area contributed by atoms with Crippen molar-refractivity contribution in [3.63, 3.8) is 0 Å². The van der Waals surface area contributed by atoms with Crippen LogP contribution in [0.2, 0.25) is 0 Å². The van der Waals surface area contributed by atoms with Gasteiger partial charge in [0, 0.05) is 24.4 Å². The number of nitrogens with one attached hydrogen (secondary N) is 2. The number of amides is 3. The maximum absolute atomic E-state index is 14.9. The molecule has 10 heteroatoms. The first-order chi connectivity index (χ1) is 23.4. The summed E-state index contributed by atoms with van der Waals surface area (Å²) >= 11 is 0. The summed E-state index contributed by atoms with van der Waals surface area (Å²) in [4.78, 5) is 57.8. The average molecular weight is 686 g/mol. The number of alkyl carbamates (subject to hydrolysis) is 1. The highest BCUT2D eigenvalue weighted by Crippen LogP contribution is 2.43. The highest BCUT2D eigenvalue weighted by Gasteiger charge is 2.49. The molecule has 50 heavy (non-hydrogen) atoms. The zero-order chi connectivity index (χ0) is 36.8. The number of ether oxygens (including phenoxy) is 2. The quantitative estimate of drug-likeness (QED) is 0.194. The van der Waals surface area contributed by atoms with Crippen molar-refractivity contribution in [1.29, 1.82) is 0 Å². The van der Waals surface area contributed by atoms with E-state index < -0.39 is 53.2 Å². The van der Waals surface area contributed by atoms with Crippen molar-refractivity contribution in [2.75, 3.05) is 0 Å². The van der Waals surface area contributed by atoms with Gasteiger partial charge < -0.3 is 30.1 Å². The summed E-state index contributed by atoms with van der Waals surface area (Å²) in [7, 11) is 0. The van der Waals surface area contributed by atoms with E-state index in [0.717, 1.165) is 11.1 Å². The average Bonchev–Trinajstić information content (AvgIpc) is 3.75. The highest BCUT2D eigenvalue weighted by atomic mass is 16.6. The Bertz CT molecular complexity index is 1650. The number of esters is 1. The highest BCUT2D eigenvalue weighted by molar-refractivity contribution is 5.95. The van der Waals surface area contributed by atoms with Crippen LogP contribution in [0, 0.1) is 12.8 Å². The van der Waals surface area contributed by atoms with Crippen LogP contribution >= 0.6 is 0 Å². The van der Waals surface area contributed by atoms with Crippen molar-refractivity contribution in [2.45, 2.75) is 110 Å². The molecule has 0 spiro atoms. The third-order valence-corrected chi connectivity index (χ3v) is 8.33. The molecule has 3 N–H and O–H groups in total. The van der Waals surface area contributed by atoms with Gasteiger partial charge in [0.25, 0.3) is 0 Å². The molecule has 5 atom stereocenters. The largest absolute Gasteiger partial charge is 0.507 e. The van der Waals surface area contributed by atoms with Crippen LogP contribution in [-0.2, 0) is 36.7 Å². The van der Waals surface area contributed by atoms with Gasteiger partial charge in [0.15, 0.2) is 0 Å². The number of para-hydroxylation sites is 1. The van der Waals surface area contributed by atoms with Gasteiger partial charge >= 0.3 is 12.1 Å². The fourth-order valence-electron chi connectivity index (χ4n) is 5.84. The van der Waals surface area contributed by atoms with E-state index in [2.05, 4.69) is 10.6 Å². The van der Waals surface area contributed by atoms with E-state index in [1.54, 1.807) is 66.7 Å². The minimum Gasteiger partial charge on any atom is -0.507 e. The first-order valence-corrected chi connectivity index (χ1v) is 17.1. The van der Waals surface area contributed by atoms with Crippen LogP contribution in [0.5, 0.6) is 5.75 Å². The molecule has 5 unspecified atom stereocenters. The number of aryl methyl sites for hydroxylation is 1. The molecular weight excluding hydrogens is 634 g/mol. The van der Waals surface area contributed by atoms with Crippen LogP contribution in [0.15, 0.2) is 78.9 Å². The van der Waals surface area contributed by atoms with E-state index in [9.17, 15) is 24.3 Å². The van der Waals surface area contributed by atoms with Crippen molar-refractivity contribution >= 4 is 23.9 Å². The predicted molar refractivity (Wildman–Crippen MR) is 191 cm³/mol. The molecule has 4 rings (SSSR count). The standard InChI is InChI=1S/C40H51N3O7/c1-25-16-15-21-29(34(25)44)33(35(45)41-31(37(47)49-39(3,4)5)24-28-19-13-10-14-20-28)43(32-22-26(32)2)36(46)30(23-27-17-11-9-12-18-27)42-38(48)50-40(6,7)8/h9-21,26,30-33,44H,22-24H2,1-8H3,(H,41,45)(H,42,48).